The molecule has 0 saturated carbocycles. The van der Waals surface area contributed by atoms with Gasteiger partial charge in [-0.15, -0.1) is 0 Å². The van der Waals surface area contributed by atoms with E-state index in [2.05, 4.69) is 0 Å². The van der Waals surface area contributed by atoms with Gasteiger partial charge in [-0.3, -0.25) is 0 Å². The van der Waals surface area contributed by atoms with E-state index in [1.165, 1.54) is 0 Å². The fourth-order valence-electron chi connectivity index (χ4n) is 1.97. The molecule has 70 valence electrons. The Morgan fingerprint density at radius 1 is 1.46 bits per heavy atom. The van der Waals surface area contributed by atoms with Gasteiger partial charge in [-0.1, -0.05) is 6.07 Å². The maximum atomic E-state index is 13.2. The van der Waals surface area contributed by atoms with Crippen LogP contribution in [-0.2, 0) is 6.42 Å². The third kappa shape index (κ3) is 1.46. The summed E-state index contributed by atoms with van der Waals surface area (Å²) in [5.41, 5.74) is 8.89. The highest BCUT2D eigenvalue weighted by Crippen LogP contribution is 2.29. The lowest BCUT2D eigenvalue weighted by Crippen LogP contribution is -2.17. The largest absolute Gasteiger partial charge is 0.324 e. The lowest BCUT2D eigenvalue weighted by Gasteiger charge is -2.22. The topological polar surface area (TPSA) is 26.0 Å². The first-order valence-corrected chi connectivity index (χ1v) is 4.73. The van der Waals surface area contributed by atoms with Gasteiger partial charge in [0, 0.05) is 6.04 Å². The molecule has 1 aromatic carbocycles. The van der Waals surface area contributed by atoms with Gasteiger partial charge in [0.15, 0.2) is 0 Å². The van der Waals surface area contributed by atoms with E-state index in [1.807, 2.05) is 6.07 Å². The zero-order valence-electron chi connectivity index (χ0n) is 7.81. The Kier molecular flexibility index (Phi) is 2.08. The Balaban J connectivity index is 2.52. The van der Waals surface area contributed by atoms with E-state index in [9.17, 15) is 4.39 Å². The summed E-state index contributed by atoms with van der Waals surface area (Å²) < 4.78 is 13.2. The quantitative estimate of drug-likeness (QED) is 0.650. The van der Waals surface area contributed by atoms with Gasteiger partial charge in [-0.25, -0.2) is 4.39 Å². The number of rotatable bonds is 0. The van der Waals surface area contributed by atoms with Crippen LogP contribution in [-0.4, -0.2) is 0 Å². The molecule has 2 heteroatoms. The van der Waals surface area contributed by atoms with Crippen LogP contribution in [0.2, 0.25) is 0 Å². The zero-order valence-corrected chi connectivity index (χ0v) is 7.81. The Hall–Kier alpha value is -0.890. The van der Waals surface area contributed by atoms with E-state index in [0.717, 1.165) is 30.4 Å². The highest BCUT2D eigenvalue weighted by Gasteiger charge is 2.17. The van der Waals surface area contributed by atoms with E-state index in [4.69, 9.17) is 5.73 Å². The summed E-state index contributed by atoms with van der Waals surface area (Å²) in [7, 11) is 0. The molecule has 1 aromatic rings. The monoisotopic (exact) mass is 179 g/mol. The second kappa shape index (κ2) is 3.11. The molecule has 0 amide bonds. The maximum Gasteiger partial charge on any atom is 0.126 e. The molecular weight excluding hydrogens is 165 g/mol. The lowest BCUT2D eigenvalue weighted by atomic mass is 9.87. The fraction of sp³-hybridized carbons (Fsp3) is 0.455. The number of hydrogen-bond acceptors (Lipinski definition) is 1. The summed E-state index contributed by atoms with van der Waals surface area (Å²) in [5, 5.41) is 0. The van der Waals surface area contributed by atoms with Crippen molar-refractivity contribution < 1.29 is 4.39 Å². The summed E-state index contributed by atoms with van der Waals surface area (Å²) in [6.07, 6.45) is 3.08. The number of fused-ring (bicyclic) bond motifs is 1. The average molecular weight is 179 g/mol. The average Bonchev–Trinajstić information content (AvgIpc) is 2.09. The Morgan fingerprint density at radius 2 is 2.23 bits per heavy atom. The molecule has 1 nitrogen and oxygen atoms in total. The van der Waals surface area contributed by atoms with Crippen LogP contribution in [0.4, 0.5) is 4.39 Å². The second-order valence-electron chi connectivity index (χ2n) is 3.80. The van der Waals surface area contributed by atoms with Crippen LogP contribution in [0.5, 0.6) is 0 Å². The molecule has 1 aliphatic carbocycles. The number of hydrogen-bond donors (Lipinski definition) is 1. The van der Waals surface area contributed by atoms with Gasteiger partial charge in [-0.05, 0) is 48.9 Å². The van der Waals surface area contributed by atoms with E-state index in [0.29, 0.717) is 5.56 Å². The highest BCUT2D eigenvalue weighted by atomic mass is 19.1. The molecule has 2 N–H and O–H groups in total. The van der Waals surface area contributed by atoms with Crippen molar-refractivity contribution in [1.82, 2.24) is 0 Å². The third-order valence-corrected chi connectivity index (χ3v) is 2.78. The molecule has 0 bridgehead atoms. The number of halogens is 1. The van der Waals surface area contributed by atoms with Crippen LogP contribution in [0.15, 0.2) is 12.1 Å². The van der Waals surface area contributed by atoms with Crippen molar-refractivity contribution in [1.29, 1.82) is 0 Å². The molecule has 0 fully saturated rings. The second-order valence-corrected chi connectivity index (χ2v) is 3.80. The van der Waals surface area contributed by atoms with Crippen LogP contribution in [0, 0.1) is 12.7 Å². The van der Waals surface area contributed by atoms with Crippen LogP contribution in [0.3, 0.4) is 0 Å². The van der Waals surface area contributed by atoms with Gasteiger partial charge in [0.05, 0.1) is 0 Å². The minimum atomic E-state index is -0.104. The molecule has 1 atom stereocenters. The SMILES string of the molecule is Cc1cc2c(cc1F)CCC[C@H]2N. The van der Waals surface area contributed by atoms with Crippen molar-refractivity contribution in [2.45, 2.75) is 32.2 Å². The summed E-state index contributed by atoms with van der Waals surface area (Å²) in [5.74, 6) is -0.104. The first kappa shape index (κ1) is 8.70. The molecule has 0 spiro atoms. The molecule has 1 aliphatic rings. The summed E-state index contributed by atoms with van der Waals surface area (Å²) in [6, 6.07) is 3.65. The maximum absolute atomic E-state index is 13.2. The molecule has 0 heterocycles. The highest BCUT2D eigenvalue weighted by molar-refractivity contribution is 5.36. The van der Waals surface area contributed by atoms with Crippen molar-refractivity contribution in [2.75, 3.05) is 0 Å². The van der Waals surface area contributed by atoms with E-state index < -0.39 is 0 Å². The van der Waals surface area contributed by atoms with Gasteiger partial charge in [0.2, 0.25) is 0 Å². The minimum Gasteiger partial charge on any atom is -0.324 e. The van der Waals surface area contributed by atoms with Gasteiger partial charge in [0.1, 0.15) is 5.82 Å². The van der Waals surface area contributed by atoms with Gasteiger partial charge in [0.25, 0.3) is 0 Å². The van der Waals surface area contributed by atoms with Crippen molar-refractivity contribution in [3.63, 3.8) is 0 Å². The smallest absolute Gasteiger partial charge is 0.126 e. The summed E-state index contributed by atoms with van der Waals surface area (Å²) in [4.78, 5) is 0. The Labute approximate surface area is 77.8 Å². The van der Waals surface area contributed by atoms with Crippen molar-refractivity contribution in [2.24, 2.45) is 5.73 Å². The normalized spacial score (nSPS) is 21.3. The zero-order chi connectivity index (χ0) is 9.42. The first-order chi connectivity index (χ1) is 6.18. The van der Waals surface area contributed by atoms with Crippen molar-refractivity contribution >= 4 is 0 Å². The molecule has 2 rings (SSSR count). The molecular formula is C11H14FN. The predicted molar refractivity (Wildman–Crippen MR) is 51.0 cm³/mol. The van der Waals surface area contributed by atoms with E-state index in [1.54, 1.807) is 13.0 Å². The van der Waals surface area contributed by atoms with Crippen LogP contribution < -0.4 is 5.73 Å². The van der Waals surface area contributed by atoms with E-state index in [-0.39, 0.29) is 11.9 Å². The Morgan fingerprint density at radius 3 is 3.00 bits per heavy atom. The van der Waals surface area contributed by atoms with Gasteiger partial charge >= 0.3 is 0 Å². The summed E-state index contributed by atoms with van der Waals surface area (Å²) in [6.45, 7) is 1.79. The van der Waals surface area contributed by atoms with Gasteiger partial charge in [-0.2, -0.15) is 0 Å². The third-order valence-electron chi connectivity index (χ3n) is 2.78. The Bertz CT molecular complexity index is 333. The van der Waals surface area contributed by atoms with Crippen molar-refractivity contribution in [3.8, 4) is 0 Å². The number of aryl methyl sites for hydroxylation is 2. The molecule has 0 radical (unpaired) electrons. The molecule has 0 saturated heterocycles. The van der Waals surface area contributed by atoms with Gasteiger partial charge < -0.3 is 5.73 Å². The molecule has 0 aliphatic heterocycles. The predicted octanol–water partition coefficient (Wildman–Crippen LogP) is 2.47. The van der Waals surface area contributed by atoms with Crippen LogP contribution >= 0.6 is 0 Å². The summed E-state index contributed by atoms with van der Waals surface area (Å²) >= 11 is 0. The van der Waals surface area contributed by atoms with E-state index >= 15 is 0 Å². The van der Waals surface area contributed by atoms with Crippen molar-refractivity contribution in [3.05, 3.63) is 34.6 Å². The number of nitrogens with two attached hydrogens (primary N) is 1. The van der Waals surface area contributed by atoms with Crippen LogP contribution in [0.1, 0.15) is 35.6 Å². The standard InChI is InChI=1S/C11H14FN/c1-7-5-9-8(6-10(7)12)3-2-4-11(9)13/h5-6,11H,2-4,13H2,1H3/t11-/m1/s1. The fourth-order valence-corrected chi connectivity index (χ4v) is 1.97. The first-order valence-electron chi connectivity index (χ1n) is 4.73. The molecule has 0 unspecified atom stereocenters. The van der Waals surface area contributed by atoms with Crippen LogP contribution in [0.25, 0.3) is 0 Å². The molecule has 0 aromatic heterocycles. The lowest BCUT2D eigenvalue weighted by molar-refractivity contribution is 0.557. The molecule has 13 heavy (non-hydrogen) atoms. The number of benzene rings is 1. The minimum absolute atomic E-state index is 0.104.